The molecule has 0 unspecified atom stereocenters. The second-order valence-electron chi connectivity index (χ2n) is 5.53. The summed E-state index contributed by atoms with van der Waals surface area (Å²) in [7, 11) is 0. The number of aromatic nitrogens is 2. The Morgan fingerprint density at radius 1 is 1.28 bits per heavy atom. The third kappa shape index (κ3) is 2.42. The minimum atomic E-state index is 0.730. The molecule has 4 nitrogen and oxygen atoms in total. The number of nitrogens with one attached hydrogen (secondary N) is 1. The normalized spacial score (nSPS) is 18.8. The van der Waals surface area contributed by atoms with Gasteiger partial charge in [0.25, 0.3) is 0 Å². The zero-order valence-electron chi connectivity index (χ0n) is 11.3. The van der Waals surface area contributed by atoms with E-state index in [1.54, 1.807) is 6.33 Å². The molecule has 4 heteroatoms. The molecule has 3 rings (SSSR count). The first-order chi connectivity index (χ1) is 8.79. The average molecular weight is 246 g/mol. The van der Waals surface area contributed by atoms with Crippen LogP contribution in [0.4, 0.5) is 11.6 Å². The van der Waals surface area contributed by atoms with Crippen LogP contribution in [0.1, 0.15) is 38.2 Å². The van der Waals surface area contributed by atoms with Crippen LogP contribution in [0.15, 0.2) is 6.33 Å². The first kappa shape index (κ1) is 11.8. The summed E-state index contributed by atoms with van der Waals surface area (Å²) >= 11 is 0. The summed E-state index contributed by atoms with van der Waals surface area (Å²) in [6, 6.07) is 0.730. The van der Waals surface area contributed by atoms with E-state index in [-0.39, 0.29) is 0 Å². The van der Waals surface area contributed by atoms with Crippen molar-refractivity contribution in [3.63, 3.8) is 0 Å². The molecule has 0 amide bonds. The van der Waals surface area contributed by atoms with Crippen LogP contribution in [0.2, 0.25) is 0 Å². The van der Waals surface area contributed by atoms with Crippen LogP contribution < -0.4 is 10.2 Å². The van der Waals surface area contributed by atoms with Gasteiger partial charge in [-0.05, 0) is 45.4 Å². The van der Waals surface area contributed by atoms with Gasteiger partial charge in [0.1, 0.15) is 18.0 Å². The van der Waals surface area contributed by atoms with E-state index in [1.807, 2.05) is 0 Å². The number of nitrogens with zero attached hydrogens (tertiary/aromatic N) is 3. The average Bonchev–Trinajstić information content (AvgIpc) is 3.24. The van der Waals surface area contributed by atoms with Crippen molar-refractivity contribution >= 4 is 11.6 Å². The van der Waals surface area contributed by atoms with Gasteiger partial charge in [-0.3, -0.25) is 0 Å². The van der Waals surface area contributed by atoms with Crippen molar-refractivity contribution in [2.75, 3.05) is 23.3 Å². The van der Waals surface area contributed by atoms with Crippen LogP contribution in [0.3, 0.4) is 0 Å². The molecule has 18 heavy (non-hydrogen) atoms. The van der Waals surface area contributed by atoms with Crippen LogP contribution in [0, 0.1) is 12.8 Å². The molecule has 2 aliphatic carbocycles. The monoisotopic (exact) mass is 246 g/mol. The number of hydrogen-bond acceptors (Lipinski definition) is 4. The van der Waals surface area contributed by atoms with E-state index >= 15 is 0 Å². The molecule has 2 aliphatic rings. The van der Waals surface area contributed by atoms with E-state index < -0.39 is 0 Å². The molecule has 2 saturated carbocycles. The van der Waals surface area contributed by atoms with Crippen LogP contribution in [-0.4, -0.2) is 29.1 Å². The Balaban J connectivity index is 1.85. The predicted molar refractivity (Wildman–Crippen MR) is 74.0 cm³/mol. The largest absolute Gasteiger partial charge is 0.370 e. The van der Waals surface area contributed by atoms with Gasteiger partial charge in [-0.1, -0.05) is 0 Å². The van der Waals surface area contributed by atoms with Crippen LogP contribution in [0.5, 0.6) is 0 Å². The molecule has 1 aromatic heterocycles. The summed E-state index contributed by atoms with van der Waals surface area (Å²) in [5.41, 5.74) is 1.20. The Hall–Kier alpha value is -1.32. The highest BCUT2D eigenvalue weighted by Gasteiger charge is 2.35. The Kier molecular flexibility index (Phi) is 3.10. The zero-order valence-corrected chi connectivity index (χ0v) is 11.3. The minimum absolute atomic E-state index is 0.730. The highest BCUT2D eigenvalue weighted by Crippen LogP contribution is 2.38. The van der Waals surface area contributed by atoms with Gasteiger partial charge in [0.05, 0.1) is 0 Å². The van der Waals surface area contributed by atoms with Crippen molar-refractivity contribution in [3.8, 4) is 0 Å². The van der Waals surface area contributed by atoms with E-state index in [0.717, 1.165) is 30.1 Å². The fourth-order valence-corrected chi connectivity index (χ4v) is 2.45. The molecule has 1 N–H and O–H groups in total. The molecule has 0 atom stereocenters. The minimum Gasteiger partial charge on any atom is -0.370 e. The third-order valence-electron chi connectivity index (χ3n) is 3.81. The van der Waals surface area contributed by atoms with E-state index in [0.29, 0.717) is 0 Å². The van der Waals surface area contributed by atoms with Crippen LogP contribution in [-0.2, 0) is 0 Å². The number of hydrogen-bond donors (Lipinski definition) is 1. The molecule has 0 aliphatic heterocycles. The quantitative estimate of drug-likeness (QED) is 0.837. The summed E-state index contributed by atoms with van der Waals surface area (Å²) in [6.07, 6.45) is 7.14. The predicted octanol–water partition coefficient (Wildman–Crippen LogP) is 2.60. The second kappa shape index (κ2) is 4.75. The molecular formula is C14H22N4. The summed E-state index contributed by atoms with van der Waals surface area (Å²) in [5.74, 6) is 3.04. The van der Waals surface area contributed by atoms with Crippen molar-refractivity contribution in [1.82, 2.24) is 9.97 Å². The first-order valence-electron chi connectivity index (χ1n) is 7.11. The van der Waals surface area contributed by atoms with E-state index in [1.165, 1.54) is 37.8 Å². The standard InChI is InChI=1S/C14H22N4/c1-3-15-13-10(2)14(17-9-16-13)18(12-6-7-12)8-11-4-5-11/h9,11-12H,3-8H2,1-2H3,(H,15,16,17). The Morgan fingerprint density at radius 2 is 2.06 bits per heavy atom. The zero-order chi connectivity index (χ0) is 12.5. The highest BCUT2D eigenvalue weighted by atomic mass is 15.2. The SMILES string of the molecule is CCNc1ncnc(N(CC2CC2)C2CC2)c1C. The van der Waals surface area contributed by atoms with Crippen molar-refractivity contribution in [2.24, 2.45) is 5.92 Å². The van der Waals surface area contributed by atoms with Gasteiger partial charge in [-0.15, -0.1) is 0 Å². The Bertz CT molecular complexity index is 424. The molecule has 0 aromatic carbocycles. The lowest BCUT2D eigenvalue weighted by Crippen LogP contribution is -2.30. The van der Waals surface area contributed by atoms with E-state index in [9.17, 15) is 0 Å². The van der Waals surface area contributed by atoms with Crippen LogP contribution in [0.25, 0.3) is 0 Å². The molecule has 0 spiro atoms. The number of anilines is 2. The molecule has 1 aromatic rings. The van der Waals surface area contributed by atoms with Crippen LogP contribution >= 0.6 is 0 Å². The van der Waals surface area contributed by atoms with Crippen molar-refractivity contribution in [2.45, 2.75) is 45.6 Å². The lowest BCUT2D eigenvalue weighted by Gasteiger charge is -2.25. The van der Waals surface area contributed by atoms with Crippen molar-refractivity contribution in [3.05, 3.63) is 11.9 Å². The molecule has 98 valence electrons. The molecule has 2 fully saturated rings. The van der Waals surface area contributed by atoms with Gasteiger partial charge < -0.3 is 10.2 Å². The molecular weight excluding hydrogens is 224 g/mol. The first-order valence-corrected chi connectivity index (χ1v) is 7.11. The van der Waals surface area contributed by atoms with Gasteiger partial charge >= 0.3 is 0 Å². The summed E-state index contributed by atoms with van der Waals surface area (Å²) in [5, 5.41) is 3.32. The summed E-state index contributed by atoms with van der Waals surface area (Å²) in [6.45, 7) is 6.33. The van der Waals surface area contributed by atoms with Gasteiger partial charge in [0, 0.05) is 24.7 Å². The second-order valence-corrected chi connectivity index (χ2v) is 5.53. The highest BCUT2D eigenvalue weighted by molar-refractivity contribution is 5.59. The molecule has 0 radical (unpaired) electrons. The van der Waals surface area contributed by atoms with Gasteiger partial charge in [-0.2, -0.15) is 0 Å². The Morgan fingerprint density at radius 3 is 2.67 bits per heavy atom. The Labute approximate surface area is 109 Å². The maximum absolute atomic E-state index is 4.54. The third-order valence-corrected chi connectivity index (χ3v) is 3.81. The molecule has 0 bridgehead atoms. The molecule has 0 saturated heterocycles. The summed E-state index contributed by atoms with van der Waals surface area (Å²) < 4.78 is 0. The lowest BCUT2D eigenvalue weighted by molar-refractivity contribution is 0.705. The number of rotatable bonds is 6. The van der Waals surface area contributed by atoms with Crippen molar-refractivity contribution in [1.29, 1.82) is 0 Å². The van der Waals surface area contributed by atoms with Crippen molar-refractivity contribution < 1.29 is 0 Å². The lowest BCUT2D eigenvalue weighted by atomic mass is 10.2. The topological polar surface area (TPSA) is 41.1 Å². The fraction of sp³-hybridized carbons (Fsp3) is 0.714. The maximum Gasteiger partial charge on any atom is 0.137 e. The molecule has 1 heterocycles. The van der Waals surface area contributed by atoms with Gasteiger partial charge in [0.15, 0.2) is 0 Å². The summed E-state index contributed by atoms with van der Waals surface area (Å²) in [4.78, 5) is 11.4. The maximum atomic E-state index is 4.54. The van der Waals surface area contributed by atoms with Gasteiger partial charge in [-0.25, -0.2) is 9.97 Å². The van der Waals surface area contributed by atoms with E-state index in [4.69, 9.17) is 0 Å². The fourth-order valence-electron chi connectivity index (χ4n) is 2.45. The van der Waals surface area contributed by atoms with Gasteiger partial charge in [0.2, 0.25) is 0 Å². The smallest absolute Gasteiger partial charge is 0.137 e. The van der Waals surface area contributed by atoms with E-state index in [2.05, 4.69) is 34.0 Å².